The molecule has 5 fully saturated rings. The smallest absolute Gasteiger partial charge is 0.335 e. The number of hydrogen-bond acceptors (Lipinski definition) is 19. The van der Waals surface area contributed by atoms with E-state index in [4.69, 9.17) is 28.3 Å². The van der Waals surface area contributed by atoms with Gasteiger partial charge in [0, 0.05) is 192 Å². The molecular weight excluding hydrogens is 1830 g/mol. The highest BCUT2D eigenvalue weighted by atomic mass is 35.5. The average Bonchev–Trinajstić information content (AvgIpc) is 1.76. The van der Waals surface area contributed by atoms with Gasteiger partial charge in [0.2, 0.25) is 0 Å². The number of ketones is 4. The van der Waals surface area contributed by atoms with E-state index in [-0.39, 0.29) is 95.3 Å². The molecule has 5 aliphatic heterocycles. The highest BCUT2D eigenvalue weighted by Crippen LogP contribution is 2.56. The second-order valence-corrected chi connectivity index (χ2v) is 36.5. The molecule has 5 aliphatic rings. The molecule has 10 aromatic carbocycles. The van der Waals surface area contributed by atoms with Gasteiger partial charge in [-0.3, -0.25) is 43.4 Å². The molecule has 0 aliphatic carbocycles. The SMILES string of the molecule is CC(=O)c1ccc(C(=O)c2ccccc2)cc1.CC(=O)c1ccc(C(F)(F)c2ccccc2)cc1.CC(=O)c1ccc(C2(c3ccccc3)SCCS2)cc1.ClCCl.O=C(O)c1ccc(C(F)(F)c2ccccc2)cc1.O=C(c1ccc(C(F)(F)c2ccccc2)cc1)N1CC(N2CCN(C(=O)c3nccs3)CC2)C1.O=C(c1nccs1)N1CCN(C2CNC2)CC1.SCCS. The molecule has 0 atom stereocenters. The first-order valence-corrected chi connectivity index (χ1v) is 47.8. The summed E-state index contributed by atoms with van der Waals surface area (Å²) in [6.07, 6.45) is 3.32. The van der Waals surface area contributed by atoms with Crippen LogP contribution in [-0.4, -0.2) is 205 Å². The van der Waals surface area contributed by atoms with Crippen LogP contribution in [0.2, 0.25) is 0 Å². The third kappa shape index (κ3) is 28.3. The number of likely N-dealkylation sites (tertiary alicyclic amines) is 1. The van der Waals surface area contributed by atoms with E-state index in [0.29, 0.717) is 70.1 Å². The molecule has 2 aromatic heterocycles. The lowest BCUT2D eigenvalue weighted by Gasteiger charge is -2.48. The molecule has 0 bridgehead atoms. The normalized spacial score (nSPS) is 14.8. The molecule has 3 amide bonds. The van der Waals surface area contributed by atoms with Crippen LogP contribution in [0.5, 0.6) is 0 Å². The summed E-state index contributed by atoms with van der Waals surface area (Å²) >= 11 is 24.0. The number of carboxylic acid groups (broad SMARTS) is 1. The fourth-order valence-electron chi connectivity index (χ4n) is 14.2. The number of benzene rings is 10. The lowest BCUT2D eigenvalue weighted by molar-refractivity contribution is 0.00843. The molecule has 31 heteroatoms. The van der Waals surface area contributed by atoms with E-state index >= 15 is 0 Å². The minimum atomic E-state index is -3.13. The number of rotatable bonds is 20. The van der Waals surface area contributed by atoms with Crippen molar-refractivity contribution in [1.82, 2.24) is 39.8 Å². The Kier molecular flexibility index (Phi) is 39.4. The number of thiazole rings is 2. The number of carboxylic acids is 1. The summed E-state index contributed by atoms with van der Waals surface area (Å²) in [5.41, 5.74) is 5.38. The van der Waals surface area contributed by atoms with Crippen molar-refractivity contribution in [3.8, 4) is 0 Å². The maximum atomic E-state index is 14.7. The number of halogens is 8. The van der Waals surface area contributed by atoms with Gasteiger partial charge in [-0.1, -0.05) is 249 Å². The van der Waals surface area contributed by atoms with Crippen molar-refractivity contribution in [3.63, 3.8) is 0 Å². The summed E-state index contributed by atoms with van der Waals surface area (Å²) in [4.78, 5) is 112. The van der Waals surface area contributed by atoms with Crippen LogP contribution in [-0.2, 0) is 21.8 Å². The molecule has 131 heavy (non-hydrogen) atoms. The lowest BCUT2D eigenvalue weighted by Crippen LogP contribution is -2.64. The van der Waals surface area contributed by atoms with Crippen LogP contribution in [0.3, 0.4) is 0 Å². The number of thioether (sulfide) groups is 2. The van der Waals surface area contributed by atoms with Crippen LogP contribution >= 0.6 is 94.7 Å². The summed E-state index contributed by atoms with van der Waals surface area (Å²) in [7, 11) is 0. The third-order valence-electron chi connectivity index (χ3n) is 21.6. The topological polar surface area (TPSA) is 211 Å². The summed E-state index contributed by atoms with van der Waals surface area (Å²) in [5, 5.41) is 17.0. The third-order valence-corrected chi connectivity index (χ3v) is 27.5. The molecule has 7 heterocycles. The van der Waals surface area contributed by atoms with Crippen LogP contribution < -0.4 is 5.32 Å². The molecule has 0 saturated carbocycles. The quantitative estimate of drug-likeness (QED) is 0.0242. The number of aromatic carboxylic acids is 1. The van der Waals surface area contributed by atoms with Gasteiger partial charge in [0.15, 0.2) is 33.1 Å². The van der Waals surface area contributed by atoms with E-state index in [1.807, 2.05) is 69.0 Å². The van der Waals surface area contributed by atoms with Crippen molar-refractivity contribution in [2.24, 2.45) is 0 Å². The highest BCUT2D eigenvalue weighted by Gasteiger charge is 2.42. The monoisotopic (exact) mass is 1930 g/mol. The maximum Gasteiger partial charge on any atom is 0.335 e. The van der Waals surface area contributed by atoms with E-state index in [1.54, 1.807) is 108 Å². The van der Waals surface area contributed by atoms with Gasteiger partial charge in [-0.05, 0) is 67.7 Å². The molecule has 0 unspecified atom stereocenters. The predicted octanol–water partition coefficient (Wildman–Crippen LogP) is 21.0. The number of hydrogen-bond donors (Lipinski definition) is 4. The number of carbonyl (C=O) groups excluding carboxylic acids is 7. The second kappa shape index (κ2) is 50.4. The molecular formula is C100H98Cl2F6N8O9S6. The molecule has 2 N–H and O–H groups in total. The fraction of sp³-hybridized carbons (Fsp3) is 0.260. The van der Waals surface area contributed by atoms with Crippen LogP contribution in [0.25, 0.3) is 0 Å². The maximum absolute atomic E-state index is 14.7. The van der Waals surface area contributed by atoms with Crippen LogP contribution in [0, 0.1) is 0 Å². The summed E-state index contributed by atoms with van der Waals surface area (Å²) < 4.78 is 85.9. The molecule has 0 spiro atoms. The van der Waals surface area contributed by atoms with Gasteiger partial charge >= 0.3 is 5.97 Å². The van der Waals surface area contributed by atoms with E-state index in [1.165, 1.54) is 157 Å². The van der Waals surface area contributed by atoms with Crippen molar-refractivity contribution >= 4 is 141 Å². The van der Waals surface area contributed by atoms with Crippen LogP contribution in [0.1, 0.15) is 153 Å². The van der Waals surface area contributed by atoms with Gasteiger partial charge in [0.25, 0.3) is 35.5 Å². The summed E-state index contributed by atoms with van der Waals surface area (Å²) in [6, 6.07) is 73.9. The van der Waals surface area contributed by atoms with Crippen molar-refractivity contribution in [2.45, 2.75) is 54.7 Å². The molecule has 17 rings (SSSR count). The molecule has 684 valence electrons. The zero-order valence-electron chi connectivity index (χ0n) is 71.9. The number of thiol groups is 2. The zero-order chi connectivity index (χ0) is 94.1. The van der Waals surface area contributed by atoms with E-state index in [9.17, 15) is 64.7 Å². The fourth-order valence-corrected chi connectivity index (χ4v) is 18.7. The number of amides is 3. The van der Waals surface area contributed by atoms with E-state index in [2.05, 4.69) is 92.8 Å². The first-order valence-electron chi connectivity index (χ1n) is 41.8. The molecule has 17 nitrogen and oxygen atoms in total. The van der Waals surface area contributed by atoms with Gasteiger partial charge in [0.1, 0.15) is 4.08 Å². The molecule has 12 aromatic rings. The Morgan fingerprint density at radius 1 is 0.389 bits per heavy atom. The minimum absolute atomic E-state index is 0.00344. The molecule has 0 radical (unpaired) electrons. The van der Waals surface area contributed by atoms with Crippen molar-refractivity contribution in [3.05, 3.63) is 390 Å². The largest absolute Gasteiger partial charge is 0.478 e. The minimum Gasteiger partial charge on any atom is -0.478 e. The second-order valence-electron chi connectivity index (χ2n) is 30.1. The Labute approximate surface area is 796 Å². The number of alkyl halides is 8. The average molecular weight is 1930 g/mol. The standard InChI is InChI=1S/C25H24F2N4O2S.C17H16OS2.C15H12F2O.C15H12O2.C14H10F2O2.C11H16N4OS.C2H6S2.CH2Cl2/c26-25(27,19-4-2-1-3-5-19)20-8-6-18(7-9-20)23(32)31-16-21(17-31)29-11-13-30(14-12-29)24(33)22-28-10-15-34-22;1-13(18)14-7-9-16(10-8-14)17(19-11-12-20-17)15-5-3-2-4-6-15;1-11(18)12-7-9-14(10-8-12)15(16,17)13-5-3-2-4-6-13;1-11(16)12-7-9-14(10-8-12)15(17)13-5-3-2-4-6-13;15-14(16,11-4-2-1-3-5-11)12-8-6-10(7-9-12)13(17)18;16-11(10-13-1-6-17-10)15-4-2-14(3-5-15)9-7-12-8-9;3-1-2-4;2-1-3/h1-10,15,21H,11-14,16-17H2;2-10H,11-12H2,1H3;2-10H,1H3;2-10H,1H3;1-9H,(H,17,18);1,6,9,12H,2-5,7-8H2;3-4H,1-2H2;1H2. The first kappa shape index (κ1) is 103. The Bertz CT molecular complexity index is 5500. The Morgan fingerprint density at radius 2 is 0.687 bits per heavy atom. The van der Waals surface area contributed by atoms with E-state index in [0.717, 1.165) is 93.1 Å². The van der Waals surface area contributed by atoms with Gasteiger partial charge in [0.05, 0.1) is 10.9 Å². The Hall–Kier alpha value is -10.5. The number of nitrogens with zero attached hydrogens (tertiary/aromatic N) is 7. The van der Waals surface area contributed by atoms with Crippen molar-refractivity contribution in [2.75, 3.05) is 107 Å². The predicted molar refractivity (Wildman–Crippen MR) is 519 cm³/mol. The zero-order valence-corrected chi connectivity index (χ0v) is 78.4. The van der Waals surface area contributed by atoms with Gasteiger partial charge in [-0.15, -0.1) is 69.4 Å². The van der Waals surface area contributed by atoms with Gasteiger partial charge in [-0.25, -0.2) is 14.8 Å². The number of carbonyl (C=O) groups is 8. The first-order chi connectivity index (χ1) is 63.0. The lowest BCUT2D eigenvalue weighted by atomic mass is 9.98. The van der Waals surface area contributed by atoms with Gasteiger partial charge in [-0.2, -0.15) is 51.6 Å². The number of Topliss-reactive ketones (excluding diaryl/α,β-unsaturated/α-hetero) is 3. The number of piperazine rings is 2. The Morgan fingerprint density at radius 3 is 1.02 bits per heavy atom. The van der Waals surface area contributed by atoms with Gasteiger partial charge < -0.3 is 25.1 Å². The summed E-state index contributed by atoms with van der Waals surface area (Å²) in [5.74, 6) is -6.47. The van der Waals surface area contributed by atoms with Crippen LogP contribution in [0.15, 0.2) is 296 Å². The van der Waals surface area contributed by atoms with Crippen molar-refractivity contribution in [1.29, 1.82) is 0 Å². The van der Waals surface area contributed by atoms with Crippen molar-refractivity contribution < 1.29 is 69.8 Å². The van der Waals surface area contributed by atoms with E-state index < -0.39 is 23.7 Å². The summed E-state index contributed by atoms with van der Waals surface area (Å²) in [6.45, 7) is 14.3. The molecule has 5 saturated heterocycles. The number of nitrogens with one attached hydrogen (secondary N) is 1. The Balaban J connectivity index is 0.000000164. The van der Waals surface area contributed by atoms with Crippen LogP contribution in [0.4, 0.5) is 26.3 Å². The number of aromatic nitrogens is 2. The highest BCUT2D eigenvalue weighted by molar-refractivity contribution is 8.20.